The standard InChI is InChI=1S/C17H21N5O2/c1-11-10-21(12(2)23)7-8-22(11)15-9-14(19-20-17(15)18)13-5-3-4-6-16(13)24/h3-6,9,11,24H,7-8,10H2,1-2H3,(H2,18,20)/t11-/m0/s1. The quantitative estimate of drug-likeness (QED) is 0.867. The molecule has 7 nitrogen and oxygen atoms in total. The van der Waals surface area contributed by atoms with Crippen molar-refractivity contribution in [3.8, 4) is 17.0 Å². The van der Waals surface area contributed by atoms with Gasteiger partial charge in [0, 0.05) is 38.2 Å². The maximum Gasteiger partial charge on any atom is 0.219 e. The lowest BCUT2D eigenvalue weighted by molar-refractivity contribution is -0.129. The van der Waals surface area contributed by atoms with Gasteiger partial charge in [0.15, 0.2) is 5.82 Å². The number of para-hydroxylation sites is 1. The lowest BCUT2D eigenvalue weighted by atomic mass is 10.1. The van der Waals surface area contributed by atoms with Gasteiger partial charge in [-0.05, 0) is 25.1 Å². The largest absolute Gasteiger partial charge is 0.507 e. The van der Waals surface area contributed by atoms with Crippen LogP contribution in [0.25, 0.3) is 11.3 Å². The van der Waals surface area contributed by atoms with Crippen LogP contribution in [-0.4, -0.2) is 51.8 Å². The Balaban J connectivity index is 1.93. The summed E-state index contributed by atoms with van der Waals surface area (Å²) < 4.78 is 0. The van der Waals surface area contributed by atoms with Gasteiger partial charge < -0.3 is 20.6 Å². The number of nitrogens with two attached hydrogens (primary N) is 1. The number of hydrogen-bond acceptors (Lipinski definition) is 6. The summed E-state index contributed by atoms with van der Waals surface area (Å²) in [6.45, 7) is 5.60. The van der Waals surface area contributed by atoms with E-state index >= 15 is 0 Å². The third-order valence-corrected chi connectivity index (χ3v) is 4.36. The molecule has 1 aromatic carbocycles. The van der Waals surface area contributed by atoms with E-state index in [0.717, 1.165) is 5.69 Å². The zero-order valence-corrected chi connectivity index (χ0v) is 13.8. The number of rotatable bonds is 2. The minimum Gasteiger partial charge on any atom is -0.507 e. The van der Waals surface area contributed by atoms with Crippen molar-refractivity contribution in [1.29, 1.82) is 0 Å². The van der Waals surface area contributed by atoms with Crippen molar-refractivity contribution in [2.24, 2.45) is 0 Å². The van der Waals surface area contributed by atoms with Crippen molar-refractivity contribution in [1.82, 2.24) is 15.1 Å². The third-order valence-electron chi connectivity index (χ3n) is 4.36. The molecule has 1 aromatic heterocycles. The van der Waals surface area contributed by atoms with E-state index < -0.39 is 0 Å². The molecule has 0 unspecified atom stereocenters. The summed E-state index contributed by atoms with van der Waals surface area (Å²) in [5.74, 6) is 0.575. The molecule has 3 N–H and O–H groups in total. The van der Waals surface area contributed by atoms with E-state index in [1.807, 2.05) is 17.0 Å². The smallest absolute Gasteiger partial charge is 0.219 e. The summed E-state index contributed by atoms with van der Waals surface area (Å²) in [4.78, 5) is 15.5. The second kappa shape index (κ2) is 6.35. The van der Waals surface area contributed by atoms with Gasteiger partial charge in [0.25, 0.3) is 0 Å². The molecular weight excluding hydrogens is 306 g/mol. The van der Waals surface area contributed by atoms with Crippen molar-refractivity contribution < 1.29 is 9.90 Å². The van der Waals surface area contributed by atoms with Gasteiger partial charge in [-0.2, -0.15) is 0 Å². The number of carbonyl (C=O) groups excluding carboxylic acids is 1. The van der Waals surface area contributed by atoms with Gasteiger partial charge in [0.05, 0.1) is 11.4 Å². The summed E-state index contributed by atoms with van der Waals surface area (Å²) >= 11 is 0. The third kappa shape index (κ3) is 2.97. The number of amides is 1. The fourth-order valence-electron chi connectivity index (χ4n) is 3.04. The Labute approximate surface area is 140 Å². The van der Waals surface area contributed by atoms with Crippen molar-refractivity contribution >= 4 is 17.4 Å². The molecular formula is C17H21N5O2. The number of hydrogen-bond donors (Lipinski definition) is 2. The number of anilines is 2. The maximum absolute atomic E-state index is 11.6. The number of nitrogens with zero attached hydrogens (tertiary/aromatic N) is 4. The first-order chi connectivity index (χ1) is 11.5. The van der Waals surface area contributed by atoms with Gasteiger partial charge in [-0.1, -0.05) is 12.1 Å². The zero-order chi connectivity index (χ0) is 17.3. The van der Waals surface area contributed by atoms with E-state index in [1.165, 1.54) is 0 Å². The fraction of sp³-hybridized carbons (Fsp3) is 0.353. The molecule has 0 bridgehead atoms. The van der Waals surface area contributed by atoms with Crippen LogP contribution in [0.1, 0.15) is 13.8 Å². The van der Waals surface area contributed by atoms with Crippen molar-refractivity contribution in [2.75, 3.05) is 30.3 Å². The van der Waals surface area contributed by atoms with Crippen LogP contribution in [0, 0.1) is 0 Å². The first-order valence-electron chi connectivity index (χ1n) is 7.91. The molecule has 24 heavy (non-hydrogen) atoms. The van der Waals surface area contributed by atoms with E-state index in [2.05, 4.69) is 22.0 Å². The SMILES string of the molecule is CC(=O)N1CCN(c2cc(-c3ccccc3O)nnc2N)[C@@H](C)C1. The number of piperazine rings is 1. The minimum absolute atomic E-state index is 0.0808. The summed E-state index contributed by atoms with van der Waals surface area (Å²) in [6.07, 6.45) is 0. The van der Waals surface area contributed by atoms with Gasteiger partial charge in [0.2, 0.25) is 5.91 Å². The number of nitrogen functional groups attached to an aromatic ring is 1. The molecule has 126 valence electrons. The van der Waals surface area contributed by atoms with Crippen molar-refractivity contribution in [3.05, 3.63) is 30.3 Å². The molecule has 1 amide bonds. The van der Waals surface area contributed by atoms with Gasteiger partial charge in [-0.3, -0.25) is 4.79 Å². The van der Waals surface area contributed by atoms with Gasteiger partial charge >= 0.3 is 0 Å². The molecule has 3 rings (SSSR count). The first-order valence-corrected chi connectivity index (χ1v) is 7.91. The van der Waals surface area contributed by atoms with Gasteiger partial charge in [-0.15, -0.1) is 10.2 Å². The fourth-order valence-corrected chi connectivity index (χ4v) is 3.04. The predicted molar refractivity (Wildman–Crippen MR) is 92.6 cm³/mol. The summed E-state index contributed by atoms with van der Waals surface area (Å²) in [5, 5.41) is 18.2. The Morgan fingerprint density at radius 3 is 2.71 bits per heavy atom. The van der Waals surface area contributed by atoms with Crippen LogP contribution in [0.4, 0.5) is 11.5 Å². The second-order valence-electron chi connectivity index (χ2n) is 6.02. The molecule has 1 fully saturated rings. The van der Waals surface area contributed by atoms with Gasteiger partial charge in [0.1, 0.15) is 5.75 Å². The average Bonchev–Trinajstić information content (AvgIpc) is 2.56. The number of aromatic nitrogens is 2. The Kier molecular flexibility index (Phi) is 4.24. The van der Waals surface area contributed by atoms with E-state index in [9.17, 15) is 9.90 Å². The number of benzene rings is 1. The Morgan fingerprint density at radius 1 is 1.29 bits per heavy atom. The van der Waals surface area contributed by atoms with Crippen molar-refractivity contribution in [3.63, 3.8) is 0 Å². The summed E-state index contributed by atoms with van der Waals surface area (Å²) in [7, 11) is 0. The normalized spacial score (nSPS) is 17.8. The van der Waals surface area contributed by atoms with Crippen LogP contribution in [0.2, 0.25) is 0 Å². The van der Waals surface area contributed by atoms with E-state index in [1.54, 1.807) is 25.1 Å². The highest BCUT2D eigenvalue weighted by Crippen LogP contribution is 2.32. The highest BCUT2D eigenvalue weighted by molar-refractivity contribution is 5.76. The molecule has 7 heteroatoms. The lowest BCUT2D eigenvalue weighted by Gasteiger charge is -2.41. The average molecular weight is 327 g/mol. The predicted octanol–water partition coefficient (Wildman–Crippen LogP) is 1.49. The number of phenolic OH excluding ortho intramolecular Hbond substituents is 1. The first kappa shape index (κ1) is 16.0. The molecule has 1 aliphatic rings. The Hall–Kier alpha value is -2.83. The van der Waals surface area contributed by atoms with Gasteiger partial charge in [-0.25, -0.2) is 0 Å². The Bertz CT molecular complexity index is 764. The molecule has 0 radical (unpaired) electrons. The molecule has 0 spiro atoms. The minimum atomic E-state index is 0.0808. The topological polar surface area (TPSA) is 95.6 Å². The van der Waals surface area contributed by atoms with Crippen LogP contribution in [0.15, 0.2) is 30.3 Å². The zero-order valence-electron chi connectivity index (χ0n) is 13.8. The molecule has 1 atom stereocenters. The molecule has 2 heterocycles. The second-order valence-corrected chi connectivity index (χ2v) is 6.02. The highest BCUT2D eigenvalue weighted by atomic mass is 16.3. The van der Waals surface area contributed by atoms with E-state index in [0.29, 0.717) is 36.7 Å². The van der Waals surface area contributed by atoms with Crippen LogP contribution in [0.5, 0.6) is 5.75 Å². The Morgan fingerprint density at radius 2 is 2.04 bits per heavy atom. The summed E-state index contributed by atoms with van der Waals surface area (Å²) in [5.41, 5.74) is 7.99. The highest BCUT2D eigenvalue weighted by Gasteiger charge is 2.27. The molecule has 0 aliphatic carbocycles. The lowest BCUT2D eigenvalue weighted by Crippen LogP contribution is -2.53. The molecule has 0 saturated carbocycles. The summed E-state index contributed by atoms with van der Waals surface area (Å²) in [6, 6.07) is 8.95. The van der Waals surface area contributed by atoms with Crippen LogP contribution in [0.3, 0.4) is 0 Å². The molecule has 1 aliphatic heterocycles. The number of aromatic hydroxyl groups is 1. The molecule has 1 saturated heterocycles. The van der Waals surface area contributed by atoms with Crippen LogP contribution < -0.4 is 10.6 Å². The number of phenols is 1. The van der Waals surface area contributed by atoms with Crippen LogP contribution in [-0.2, 0) is 4.79 Å². The maximum atomic E-state index is 11.6. The van der Waals surface area contributed by atoms with E-state index in [4.69, 9.17) is 5.73 Å². The van der Waals surface area contributed by atoms with E-state index in [-0.39, 0.29) is 17.7 Å². The van der Waals surface area contributed by atoms with Crippen LogP contribution >= 0.6 is 0 Å². The number of carbonyl (C=O) groups is 1. The van der Waals surface area contributed by atoms with Crippen molar-refractivity contribution in [2.45, 2.75) is 19.9 Å². The monoisotopic (exact) mass is 327 g/mol. The molecule has 2 aromatic rings.